The van der Waals surface area contributed by atoms with Gasteiger partial charge in [-0.1, -0.05) is 11.6 Å². The van der Waals surface area contributed by atoms with Gasteiger partial charge in [-0.3, -0.25) is 9.69 Å². The van der Waals surface area contributed by atoms with Crippen LogP contribution in [0.5, 0.6) is 0 Å². The Morgan fingerprint density at radius 2 is 1.73 bits per heavy atom. The first-order valence-corrected chi connectivity index (χ1v) is 11.8. The van der Waals surface area contributed by atoms with Gasteiger partial charge in [0.1, 0.15) is 5.76 Å². The highest BCUT2D eigenvalue weighted by atomic mass is 32.2. The van der Waals surface area contributed by atoms with Crippen molar-refractivity contribution in [2.45, 2.75) is 44.7 Å². The van der Waals surface area contributed by atoms with Gasteiger partial charge in [0.05, 0.1) is 5.69 Å². The van der Waals surface area contributed by atoms with Crippen molar-refractivity contribution < 1.29 is 22.2 Å². The maximum atomic E-state index is 12.8. The zero-order valence-corrected chi connectivity index (χ0v) is 18.3. The molecular formula is C20H28N4O5S. The van der Waals surface area contributed by atoms with Crippen LogP contribution in [0.25, 0.3) is 0 Å². The highest BCUT2D eigenvalue weighted by Gasteiger charge is 2.31. The third-order valence-corrected chi connectivity index (χ3v) is 7.70. The topological polar surface area (TPSA) is 100 Å². The molecule has 0 N–H and O–H groups in total. The average molecular weight is 437 g/mol. The number of carbonyl (C=O) groups is 1. The minimum atomic E-state index is -3.68. The number of piperazine rings is 1. The van der Waals surface area contributed by atoms with Crippen molar-refractivity contribution in [1.29, 1.82) is 0 Å². The monoisotopic (exact) mass is 436 g/mol. The van der Waals surface area contributed by atoms with E-state index in [9.17, 15) is 13.2 Å². The van der Waals surface area contributed by atoms with Gasteiger partial charge >= 0.3 is 0 Å². The Morgan fingerprint density at radius 3 is 2.37 bits per heavy atom. The van der Waals surface area contributed by atoms with Crippen molar-refractivity contribution in [2.24, 2.45) is 0 Å². The number of amides is 1. The smallest absolute Gasteiger partial charge is 0.289 e. The molecule has 2 fully saturated rings. The quantitative estimate of drug-likeness (QED) is 0.707. The summed E-state index contributed by atoms with van der Waals surface area (Å²) in [5, 5.41) is 3.84. The highest BCUT2D eigenvalue weighted by Crippen LogP contribution is 2.23. The molecule has 9 nitrogen and oxygen atoms in total. The number of furan rings is 1. The molecule has 2 saturated heterocycles. The molecular weight excluding hydrogens is 408 g/mol. The van der Waals surface area contributed by atoms with Crippen LogP contribution in [0.15, 0.2) is 26.2 Å². The number of aromatic nitrogens is 1. The molecule has 0 spiro atoms. The summed E-state index contributed by atoms with van der Waals surface area (Å²) < 4.78 is 37.6. The lowest BCUT2D eigenvalue weighted by Crippen LogP contribution is -2.48. The second-order valence-electron chi connectivity index (χ2n) is 7.95. The fraction of sp³-hybridized carbons (Fsp3) is 0.600. The largest absolute Gasteiger partial charge is 0.438 e. The number of aryl methyl sites for hydroxylation is 2. The lowest BCUT2D eigenvalue weighted by atomic mass is 10.1. The Kier molecular flexibility index (Phi) is 5.99. The molecule has 2 aliphatic heterocycles. The van der Waals surface area contributed by atoms with Crippen molar-refractivity contribution >= 4 is 15.9 Å². The van der Waals surface area contributed by atoms with Crippen molar-refractivity contribution in [3.8, 4) is 0 Å². The van der Waals surface area contributed by atoms with Gasteiger partial charge in [0.25, 0.3) is 15.9 Å². The number of carbonyl (C=O) groups excluding carboxylic acids is 1. The van der Waals surface area contributed by atoms with E-state index in [-0.39, 0.29) is 16.8 Å². The number of hydrogen-bond donors (Lipinski definition) is 0. The van der Waals surface area contributed by atoms with E-state index < -0.39 is 10.0 Å². The van der Waals surface area contributed by atoms with E-state index in [4.69, 9.17) is 8.94 Å². The van der Waals surface area contributed by atoms with Crippen LogP contribution in [-0.4, -0.2) is 72.9 Å². The predicted molar refractivity (Wildman–Crippen MR) is 108 cm³/mol. The summed E-state index contributed by atoms with van der Waals surface area (Å²) in [6.45, 7) is 8.11. The molecule has 30 heavy (non-hydrogen) atoms. The van der Waals surface area contributed by atoms with Crippen LogP contribution in [0.4, 0.5) is 0 Å². The van der Waals surface area contributed by atoms with Gasteiger partial charge in [-0.25, -0.2) is 8.42 Å². The number of rotatable bonds is 5. The minimum absolute atomic E-state index is 0.0738. The summed E-state index contributed by atoms with van der Waals surface area (Å²) in [5.74, 6) is 0.626. The third kappa shape index (κ3) is 4.17. The summed E-state index contributed by atoms with van der Waals surface area (Å²) in [7, 11) is -3.68. The first-order valence-electron chi connectivity index (χ1n) is 10.4. The van der Waals surface area contributed by atoms with E-state index in [0.29, 0.717) is 26.2 Å². The normalized spacial score (nSPS) is 19.3. The molecule has 0 radical (unpaired) electrons. The van der Waals surface area contributed by atoms with Gasteiger partial charge in [-0.15, -0.1) is 0 Å². The van der Waals surface area contributed by atoms with Crippen LogP contribution >= 0.6 is 0 Å². The summed E-state index contributed by atoms with van der Waals surface area (Å²) in [6.07, 6.45) is 2.74. The zero-order valence-electron chi connectivity index (χ0n) is 17.5. The molecule has 4 heterocycles. The molecule has 2 aromatic heterocycles. The first-order chi connectivity index (χ1) is 14.4. The van der Waals surface area contributed by atoms with Crippen molar-refractivity contribution in [2.75, 3.05) is 39.3 Å². The Bertz CT molecular complexity index is 979. The Morgan fingerprint density at radius 1 is 1.03 bits per heavy atom. The Labute approximate surface area is 176 Å². The molecule has 0 bridgehead atoms. The number of sulfonamides is 1. The van der Waals surface area contributed by atoms with E-state index in [2.05, 4.69) is 10.1 Å². The summed E-state index contributed by atoms with van der Waals surface area (Å²) in [4.78, 5) is 16.8. The van der Waals surface area contributed by atoms with Crippen LogP contribution < -0.4 is 0 Å². The molecule has 0 atom stereocenters. The van der Waals surface area contributed by atoms with Crippen LogP contribution in [0.2, 0.25) is 0 Å². The first kappa shape index (κ1) is 21.1. The maximum Gasteiger partial charge on any atom is 0.289 e. The maximum absolute atomic E-state index is 12.8. The van der Waals surface area contributed by atoms with Gasteiger partial charge in [-0.05, 0) is 38.8 Å². The summed E-state index contributed by atoms with van der Waals surface area (Å²) in [6, 6.07) is 2.86. The average Bonchev–Trinajstić information content (AvgIpc) is 3.38. The Balaban J connectivity index is 1.37. The fourth-order valence-corrected chi connectivity index (χ4v) is 5.45. The van der Waals surface area contributed by atoms with E-state index in [0.717, 1.165) is 55.9 Å². The predicted octanol–water partition coefficient (Wildman–Crippen LogP) is 2.02. The van der Waals surface area contributed by atoms with Crippen molar-refractivity contribution in [3.05, 3.63) is 34.9 Å². The van der Waals surface area contributed by atoms with E-state index in [1.54, 1.807) is 4.90 Å². The molecule has 2 aromatic rings. The summed E-state index contributed by atoms with van der Waals surface area (Å²) in [5.41, 5.74) is 1.98. The minimum Gasteiger partial charge on any atom is -0.438 e. The molecule has 10 heteroatoms. The van der Waals surface area contributed by atoms with Crippen LogP contribution in [0, 0.1) is 13.8 Å². The van der Waals surface area contributed by atoms with Gasteiger partial charge in [-0.2, -0.15) is 4.31 Å². The highest BCUT2D eigenvalue weighted by molar-refractivity contribution is 7.89. The third-order valence-electron chi connectivity index (χ3n) is 5.92. The Hall–Kier alpha value is -2.17. The van der Waals surface area contributed by atoms with E-state index >= 15 is 0 Å². The van der Waals surface area contributed by atoms with Crippen molar-refractivity contribution in [3.63, 3.8) is 0 Å². The van der Waals surface area contributed by atoms with Gasteiger partial charge in [0.15, 0.2) is 5.76 Å². The van der Waals surface area contributed by atoms with E-state index in [1.165, 1.54) is 16.4 Å². The molecule has 0 aromatic carbocycles. The zero-order chi connectivity index (χ0) is 21.3. The molecule has 1 amide bonds. The molecule has 0 saturated carbocycles. The van der Waals surface area contributed by atoms with Gasteiger partial charge < -0.3 is 13.8 Å². The summed E-state index contributed by atoms with van der Waals surface area (Å²) >= 11 is 0. The van der Waals surface area contributed by atoms with Crippen LogP contribution in [0.1, 0.15) is 46.8 Å². The van der Waals surface area contributed by atoms with E-state index in [1.807, 2.05) is 13.8 Å². The molecule has 0 aliphatic carbocycles. The second kappa shape index (κ2) is 8.52. The molecule has 2 aliphatic rings. The standard InChI is InChI=1S/C20H28N4O5S/c1-15-17(16(2)29-21-15)14-22-10-12-23(13-11-22)20(25)18-6-7-19(28-18)30(26,27)24-8-4-3-5-9-24/h6-7H,3-5,8-14H2,1-2H3. The van der Waals surface area contributed by atoms with Crippen molar-refractivity contribution in [1.82, 2.24) is 19.3 Å². The van der Waals surface area contributed by atoms with Crippen LogP contribution in [0.3, 0.4) is 0 Å². The lowest BCUT2D eigenvalue weighted by molar-refractivity contribution is 0.0591. The molecule has 164 valence electrons. The van der Waals surface area contributed by atoms with Crippen LogP contribution in [-0.2, 0) is 16.6 Å². The lowest BCUT2D eigenvalue weighted by Gasteiger charge is -2.34. The fourth-order valence-electron chi connectivity index (χ4n) is 4.02. The molecule has 4 rings (SSSR count). The SMILES string of the molecule is Cc1noc(C)c1CN1CCN(C(=O)c2ccc(S(=O)(=O)N3CCCCC3)o2)CC1. The number of nitrogens with zero attached hydrogens (tertiary/aromatic N) is 4. The second-order valence-corrected chi connectivity index (χ2v) is 9.82. The number of piperidine rings is 1. The van der Waals surface area contributed by atoms with Gasteiger partial charge in [0, 0.05) is 51.4 Å². The molecule has 0 unspecified atom stereocenters. The van der Waals surface area contributed by atoms with Gasteiger partial charge in [0.2, 0.25) is 5.09 Å². The number of hydrogen-bond acceptors (Lipinski definition) is 7.